The molecule has 0 spiro atoms. The quantitative estimate of drug-likeness (QED) is 0.841. The van der Waals surface area contributed by atoms with E-state index >= 15 is 0 Å². The van der Waals surface area contributed by atoms with Gasteiger partial charge in [0.25, 0.3) is 0 Å². The number of nitrogens with one attached hydrogen (secondary N) is 1. The minimum atomic E-state index is 0.224. The van der Waals surface area contributed by atoms with E-state index in [2.05, 4.69) is 25.2 Å². The lowest BCUT2D eigenvalue weighted by Crippen LogP contribution is -2.04. The summed E-state index contributed by atoms with van der Waals surface area (Å²) in [5, 5.41) is 13.7. The third-order valence-corrected chi connectivity index (χ3v) is 3.49. The molecular weight excluding hydrogens is 258 g/mol. The summed E-state index contributed by atoms with van der Waals surface area (Å²) in [6, 6.07) is 13.4. The molecule has 2 rings (SSSR count). The number of hydrogen-bond donors (Lipinski definition) is 2. The predicted octanol–water partition coefficient (Wildman–Crippen LogP) is 4.78. The molecule has 0 fully saturated rings. The molecule has 0 saturated carbocycles. The number of phenols is 1. The fraction of sp³-hybridized carbons (Fsp3) is 0.250. The van der Waals surface area contributed by atoms with Crippen molar-refractivity contribution in [1.29, 1.82) is 0 Å². The SMILES string of the molecule is CC(C)c1ccccc1NCc1c(O)cccc1Cl. The molecule has 0 bridgehead atoms. The van der Waals surface area contributed by atoms with Crippen molar-refractivity contribution >= 4 is 17.3 Å². The Hall–Kier alpha value is -1.67. The fourth-order valence-electron chi connectivity index (χ4n) is 2.07. The van der Waals surface area contributed by atoms with Crippen molar-refractivity contribution in [2.45, 2.75) is 26.3 Å². The van der Waals surface area contributed by atoms with Gasteiger partial charge < -0.3 is 10.4 Å². The lowest BCUT2D eigenvalue weighted by Gasteiger charge is -2.15. The van der Waals surface area contributed by atoms with Crippen molar-refractivity contribution in [3.63, 3.8) is 0 Å². The minimum Gasteiger partial charge on any atom is -0.508 e. The molecular formula is C16H18ClNO. The lowest BCUT2D eigenvalue weighted by molar-refractivity contribution is 0.469. The Labute approximate surface area is 119 Å². The van der Waals surface area contributed by atoms with Gasteiger partial charge in [-0.15, -0.1) is 0 Å². The monoisotopic (exact) mass is 275 g/mol. The van der Waals surface area contributed by atoms with Gasteiger partial charge in [0.1, 0.15) is 5.75 Å². The number of benzene rings is 2. The molecule has 2 N–H and O–H groups in total. The van der Waals surface area contributed by atoms with Gasteiger partial charge in [0, 0.05) is 22.8 Å². The average Bonchev–Trinajstić information content (AvgIpc) is 2.38. The molecule has 0 aliphatic rings. The van der Waals surface area contributed by atoms with Gasteiger partial charge in [0.05, 0.1) is 0 Å². The summed E-state index contributed by atoms with van der Waals surface area (Å²) in [7, 11) is 0. The van der Waals surface area contributed by atoms with Crippen LogP contribution in [0, 0.1) is 0 Å². The second-order valence-electron chi connectivity index (χ2n) is 4.83. The van der Waals surface area contributed by atoms with Gasteiger partial charge in [0.15, 0.2) is 0 Å². The predicted molar refractivity (Wildman–Crippen MR) is 81.0 cm³/mol. The zero-order chi connectivity index (χ0) is 13.8. The Balaban J connectivity index is 2.19. The first-order valence-electron chi connectivity index (χ1n) is 6.38. The van der Waals surface area contributed by atoms with Crippen LogP contribution in [0.15, 0.2) is 42.5 Å². The summed E-state index contributed by atoms with van der Waals surface area (Å²) in [5.74, 6) is 0.672. The van der Waals surface area contributed by atoms with Crippen LogP contribution in [0.4, 0.5) is 5.69 Å². The third kappa shape index (κ3) is 3.21. The highest BCUT2D eigenvalue weighted by atomic mass is 35.5. The normalized spacial score (nSPS) is 10.7. The van der Waals surface area contributed by atoms with Crippen molar-refractivity contribution in [2.24, 2.45) is 0 Å². The summed E-state index contributed by atoms with van der Waals surface area (Å²) in [4.78, 5) is 0. The number of para-hydroxylation sites is 1. The van der Waals surface area contributed by atoms with Crippen molar-refractivity contribution in [3.8, 4) is 5.75 Å². The van der Waals surface area contributed by atoms with E-state index in [1.165, 1.54) is 5.56 Å². The van der Waals surface area contributed by atoms with E-state index in [-0.39, 0.29) is 5.75 Å². The topological polar surface area (TPSA) is 32.3 Å². The number of hydrogen-bond acceptors (Lipinski definition) is 2. The van der Waals surface area contributed by atoms with Crippen LogP contribution in [0.5, 0.6) is 5.75 Å². The zero-order valence-electron chi connectivity index (χ0n) is 11.2. The van der Waals surface area contributed by atoms with Crippen molar-refractivity contribution in [3.05, 3.63) is 58.6 Å². The smallest absolute Gasteiger partial charge is 0.122 e. The van der Waals surface area contributed by atoms with Crippen LogP contribution in [0.25, 0.3) is 0 Å². The maximum absolute atomic E-state index is 9.82. The van der Waals surface area contributed by atoms with E-state index in [4.69, 9.17) is 11.6 Å². The highest BCUT2D eigenvalue weighted by molar-refractivity contribution is 6.31. The van der Waals surface area contributed by atoms with Crippen LogP contribution in [0.1, 0.15) is 30.9 Å². The summed E-state index contributed by atoms with van der Waals surface area (Å²) in [6.07, 6.45) is 0. The fourth-order valence-corrected chi connectivity index (χ4v) is 2.30. The van der Waals surface area contributed by atoms with Crippen molar-refractivity contribution in [1.82, 2.24) is 0 Å². The van der Waals surface area contributed by atoms with Crippen LogP contribution >= 0.6 is 11.6 Å². The van der Waals surface area contributed by atoms with Crippen LogP contribution < -0.4 is 5.32 Å². The first kappa shape index (κ1) is 13.8. The van der Waals surface area contributed by atoms with Gasteiger partial charge in [-0.2, -0.15) is 0 Å². The maximum atomic E-state index is 9.82. The van der Waals surface area contributed by atoms with E-state index in [0.717, 1.165) is 11.3 Å². The first-order chi connectivity index (χ1) is 9.09. The highest BCUT2D eigenvalue weighted by Gasteiger charge is 2.08. The van der Waals surface area contributed by atoms with Gasteiger partial charge in [-0.1, -0.05) is 49.7 Å². The second-order valence-corrected chi connectivity index (χ2v) is 5.24. The molecule has 2 aromatic carbocycles. The molecule has 19 heavy (non-hydrogen) atoms. The number of rotatable bonds is 4. The highest BCUT2D eigenvalue weighted by Crippen LogP contribution is 2.28. The Morgan fingerprint density at radius 1 is 1.11 bits per heavy atom. The van der Waals surface area contributed by atoms with Gasteiger partial charge >= 0.3 is 0 Å². The largest absolute Gasteiger partial charge is 0.508 e. The van der Waals surface area contributed by atoms with E-state index in [9.17, 15) is 5.11 Å². The van der Waals surface area contributed by atoms with E-state index in [1.54, 1.807) is 18.2 Å². The molecule has 0 heterocycles. The number of anilines is 1. The molecule has 0 saturated heterocycles. The Morgan fingerprint density at radius 3 is 2.53 bits per heavy atom. The Bertz CT molecular complexity index is 546. The van der Waals surface area contributed by atoms with Crippen LogP contribution in [0.3, 0.4) is 0 Å². The van der Waals surface area contributed by atoms with Gasteiger partial charge in [-0.3, -0.25) is 0 Å². The van der Waals surface area contributed by atoms with E-state index in [1.807, 2.05) is 18.2 Å². The number of halogens is 1. The molecule has 0 aliphatic carbocycles. The summed E-state index contributed by atoms with van der Waals surface area (Å²) in [5.41, 5.74) is 3.06. The first-order valence-corrected chi connectivity index (χ1v) is 6.76. The van der Waals surface area contributed by atoms with Gasteiger partial charge in [-0.25, -0.2) is 0 Å². The number of phenolic OH excluding ortho intramolecular Hbond substituents is 1. The third-order valence-electron chi connectivity index (χ3n) is 3.13. The molecule has 100 valence electrons. The second kappa shape index (κ2) is 5.98. The zero-order valence-corrected chi connectivity index (χ0v) is 11.9. The summed E-state index contributed by atoms with van der Waals surface area (Å²) in [6.45, 7) is 4.83. The van der Waals surface area contributed by atoms with Crippen molar-refractivity contribution in [2.75, 3.05) is 5.32 Å². The molecule has 2 nitrogen and oxygen atoms in total. The minimum absolute atomic E-state index is 0.224. The van der Waals surface area contributed by atoms with Crippen LogP contribution in [0.2, 0.25) is 5.02 Å². The van der Waals surface area contributed by atoms with Crippen LogP contribution in [-0.4, -0.2) is 5.11 Å². The molecule has 0 radical (unpaired) electrons. The molecule has 2 aromatic rings. The number of aromatic hydroxyl groups is 1. The molecule has 0 aliphatic heterocycles. The molecule has 0 atom stereocenters. The van der Waals surface area contributed by atoms with Crippen LogP contribution in [-0.2, 0) is 6.54 Å². The molecule has 3 heteroatoms. The van der Waals surface area contributed by atoms with Crippen molar-refractivity contribution < 1.29 is 5.11 Å². The molecule has 0 amide bonds. The Kier molecular flexibility index (Phi) is 4.33. The molecule has 0 aromatic heterocycles. The van der Waals surface area contributed by atoms with E-state index < -0.39 is 0 Å². The standard InChI is InChI=1S/C16H18ClNO/c1-11(2)12-6-3-4-8-15(12)18-10-13-14(17)7-5-9-16(13)19/h3-9,11,18-19H,10H2,1-2H3. The maximum Gasteiger partial charge on any atom is 0.122 e. The van der Waals surface area contributed by atoms with E-state index in [0.29, 0.717) is 17.5 Å². The summed E-state index contributed by atoms with van der Waals surface area (Å²) >= 11 is 6.10. The summed E-state index contributed by atoms with van der Waals surface area (Å²) < 4.78 is 0. The average molecular weight is 276 g/mol. The lowest BCUT2D eigenvalue weighted by atomic mass is 10.0. The molecule has 0 unspecified atom stereocenters. The van der Waals surface area contributed by atoms with Gasteiger partial charge in [-0.05, 0) is 29.7 Å². The Morgan fingerprint density at radius 2 is 1.84 bits per heavy atom. The van der Waals surface area contributed by atoms with Gasteiger partial charge in [0.2, 0.25) is 0 Å².